The van der Waals surface area contributed by atoms with Gasteiger partial charge >= 0.3 is 0 Å². The second-order valence-corrected chi connectivity index (χ2v) is 5.41. The first-order valence-electron chi connectivity index (χ1n) is 5.80. The molecular weight excluding hydrogens is 312 g/mol. The zero-order valence-electron chi connectivity index (χ0n) is 10.1. The zero-order valence-corrected chi connectivity index (χ0v) is 11.7. The van der Waals surface area contributed by atoms with E-state index >= 15 is 0 Å². The van der Waals surface area contributed by atoms with E-state index < -0.39 is 5.54 Å². The van der Waals surface area contributed by atoms with Crippen LogP contribution in [0.2, 0.25) is 0 Å². The van der Waals surface area contributed by atoms with Crippen molar-refractivity contribution in [2.24, 2.45) is 0 Å². The van der Waals surface area contributed by atoms with E-state index in [1.807, 2.05) is 19.1 Å². The van der Waals surface area contributed by atoms with Gasteiger partial charge in [-0.1, -0.05) is 5.21 Å². The molecule has 0 aromatic carbocycles. The van der Waals surface area contributed by atoms with Crippen LogP contribution in [0.1, 0.15) is 34.8 Å². The summed E-state index contributed by atoms with van der Waals surface area (Å²) >= 11 is 3.33. The standard InChI is InChI=1S/C11H11BrN6O/c1-6-2-3-7(12)8(13-6)9(19)14-11(4-5-11)10-15-17-18-16-10/h2-3H,4-5H2,1H3,(H,14,19)(H,15,16,17,18). The van der Waals surface area contributed by atoms with Crippen molar-refractivity contribution in [3.63, 3.8) is 0 Å². The Morgan fingerprint density at radius 1 is 1.47 bits per heavy atom. The van der Waals surface area contributed by atoms with Gasteiger partial charge in [-0.25, -0.2) is 4.98 Å². The minimum Gasteiger partial charge on any atom is -0.338 e. The lowest BCUT2D eigenvalue weighted by Gasteiger charge is -2.13. The van der Waals surface area contributed by atoms with Gasteiger partial charge in [-0.15, -0.1) is 10.2 Å². The Bertz CT molecular complexity index is 622. The van der Waals surface area contributed by atoms with Gasteiger partial charge in [0.05, 0.1) is 0 Å². The molecule has 1 aliphatic carbocycles. The zero-order chi connectivity index (χ0) is 13.5. The molecule has 2 aromatic heterocycles. The number of nitrogens with zero attached hydrogens (tertiary/aromatic N) is 4. The molecule has 0 radical (unpaired) electrons. The molecule has 0 saturated heterocycles. The van der Waals surface area contributed by atoms with Crippen LogP contribution in [0.3, 0.4) is 0 Å². The minimum absolute atomic E-state index is 0.238. The van der Waals surface area contributed by atoms with Crippen molar-refractivity contribution in [2.45, 2.75) is 25.3 Å². The topological polar surface area (TPSA) is 96.5 Å². The third-order valence-electron chi connectivity index (χ3n) is 3.08. The van der Waals surface area contributed by atoms with Gasteiger partial charge < -0.3 is 5.32 Å². The summed E-state index contributed by atoms with van der Waals surface area (Å²) in [5.41, 5.74) is 0.669. The summed E-state index contributed by atoms with van der Waals surface area (Å²) in [6, 6.07) is 3.65. The average Bonchev–Trinajstić information content (AvgIpc) is 2.95. The number of H-pyrrole nitrogens is 1. The molecule has 0 spiro atoms. The number of rotatable bonds is 3. The van der Waals surface area contributed by atoms with Crippen LogP contribution in [0.5, 0.6) is 0 Å². The highest BCUT2D eigenvalue weighted by atomic mass is 79.9. The van der Waals surface area contributed by atoms with Crippen molar-refractivity contribution in [3.05, 3.63) is 33.8 Å². The maximum absolute atomic E-state index is 12.3. The molecule has 2 heterocycles. The molecule has 0 aliphatic heterocycles. The maximum atomic E-state index is 12.3. The second-order valence-electron chi connectivity index (χ2n) is 4.55. The number of aromatic nitrogens is 5. The monoisotopic (exact) mass is 322 g/mol. The molecule has 0 unspecified atom stereocenters. The van der Waals surface area contributed by atoms with E-state index in [9.17, 15) is 4.79 Å². The quantitative estimate of drug-likeness (QED) is 0.881. The first-order valence-corrected chi connectivity index (χ1v) is 6.60. The van der Waals surface area contributed by atoms with Gasteiger partial charge in [0, 0.05) is 10.2 Å². The molecule has 19 heavy (non-hydrogen) atoms. The van der Waals surface area contributed by atoms with Crippen LogP contribution in [-0.4, -0.2) is 31.5 Å². The predicted molar refractivity (Wildman–Crippen MR) is 69.2 cm³/mol. The molecule has 1 aliphatic rings. The van der Waals surface area contributed by atoms with Gasteiger partial charge in [0.25, 0.3) is 5.91 Å². The fraction of sp³-hybridized carbons (Fsp3) is 0.364. The highest BCUT2D eigenvalue weighted by Gasteiger charge is 2.49. The Morgan fingerprint density at radius 3 is 2.89 bits per heavy atom. The second kappa shape index (κ2) is 4.37. The van der Waals surface area contributed by atoms with Crippen molar-refractivity contribution >= 4 is 21.8 Å². The number of carbonyl (C=O) groups is 1. The third-order valence-corrected chi connectivity index (χ3v) is 3.72. The molecule has 1 fully saturated rings. The van der Waals surface area contributed by atoms with Crippen LogP contribution < -0.4 is 5.32 Å². The highest BCUT2D eigenvalue weighted by Crippen LogP contribution is 2.43. The average molecular weight is 323 g/mol. The number of carbonyl (C=O) groups excluding carboxylic acids is 1. The number of halogens is 1. The number of amides is 1. The molecule has 2 aromatic rings. The van der Waals surface area contributed by atoms with Crippen molar-refractivity contribution in [1.82, 2.24) is 30.9 Å². The number of hydrogen-bond acceptors (Lipinski definition) is 5. The van der Waals surface area contributed by atoms with Gasteiger partial charge in [-0.05, 0) is 47.8 Å². The Labute approximate surface area is 117 Å². The Balaban J connectivity index is 1.84. The van der Waals surface area contributed by atoms with Gasteiger partial charge in [-0.2, -0.15) is 5.21 Å². The number of pyridine rings is 1. The van der Waals surface area contributed by atoms with Crippen molar-refractivity contribution in [2.75, 3.05) is 0 Å². The number of hydrogen-bond donors (Lipinski definition) is 2. The molecule has 1 amide bonds. The molecule has 3 rings (SSSR count). The van der Waals surface area contributed by atoms with Crippen LogP contribution in [-0.2, 0) is 5.54 Å². The summed E-state index contributed by atoms with van der Waals surface area (Å²) in [4.78, 5) is 16.5. The van der Waals surface area contributed by atoms with Crippen molar-refractivity contribution in [1.29, 1.82) is 0 Å². The molecule has 0 atom stereocenters. The van der Waals surface area contributed by atoms with Crippen LogP contribution in [0, 0.1) is 6.92 Å². The normalized spacial score (nSPS) is 16.1. The lowest BCUT2D eigenvalue weighted by Crippen LogP contribution is -2.36. The SMILES string of the molecule is Cc1ccc(Br)c(C(=O)NC2(c3nn[nH]n3)CC2)n1. The summed E-state index contributed by atoms with van der Waals surface area (Å²) in [5.74, 6) is 0.280. The Morgan fingerprint density at radius 2 is 2.26 bits per heavy atom. The molecule has 2 N–H and O–H groups in total. The summed E-state index contributed by atoms with van der Waals surface area (Å²) < 4.78 is 0.666. The lowest BCUT2D eigenvalue weighted by molar-refractivity contribution is 0.0922. The summed E-state index contributed by atoms with van der Waals surface area (Å²) in [6.07, 6.45) is 1.61. The largest absolute Gasteiger partial charge is 0.338 e. The third kappa shape index (κ3) is 2.23. The number of tetrazole rings is 1. The van der Waals surface area contributed by atoms with Crippen LogP contribution in [0.15, 0.2) is 16.6 Å². The van der Waals surface area contributed by atoms with Gasteiger partial charge in [0.2, 0.25) is 0 Å². The molecule has 1 saturated carbocycles. The first-order chi connectivity index (χ1) is 9.11. The van der Waals surface area contributed by atoms with E-state index in [0.29, 0.717) is 16.0 Å². The van der Waals surface area contributed by atoms with Crippen LogP contribution >= 0.6 is 15.9 Å². The number of aryl methyl sites for hydroxylation is 1. The fourth-order valence-corrected chi connectivity index (χ4v) is 2.27. The number of aromatic amines is 1. The van der Waals surface area contributed by atoms with E-state index in [1.54, 1.807) is 0 Å². The Hall–Kier alpha value is -1.83. The summed E-state index contributed by atoms with van der Waals surface area (Å²) in [6.45, 7) is 1.84. The molecule has 0 bridgehead atoms. The summed E-state index contributed by atoms with van der Waals surface area (Å²) in [5, 5.41) is 16.8. The molecule has 7 nitrogen and oxygen atoms in total. The molecule has 98 valence electrons. The maximum Gasteiger partial charge on any atom is 0.271 e. The van der Waals surface area contributed by atoms with Crippen molar-refractivity contribution < 1.29 is 4.79 Å². The van der Waals surface area contributed by atoms with Gasteiger partial charge in [0.1, 0.15) is 11.2 Å². The Kier molecular flexibility index (Phi) is 2.81. The van der Waals surface area contributed by atoms with E-state index in [1.165, 1.54) is 0 Å². The molecule has 8 heteroatoms. The van der Waals surface area contributed by atoms with Crippen LogP contribution in [0.25, 0.3) is 0 Å². The van der Waals surface area contributed by atoms with Gasteiger partial charge in [-0.3, -0.25) is 4.79 Å². The fourth-order valence-electron chi connectivity index (χ4n) is 1.87. The summed E-state index contributed by atoms with van der Waals surface area (Å²) in [7, 11) is 0. The first kappa shape index (κ1) is 12.2. The predicted octanol–water partition coefficient (Wildman–Crippen LogP) is 1.08. The minimum atomic E-state index is -0.491. The van der Waals surface area contributed by atoms with Crippen LogP contribution in [0.4, 0.5) is 0 Å². The van der Waals surface area contributed by atoms with Crippen molar-refractivity contribution in [3.8, 4) is 0 Å². The lowest BCUT2D eigenvalue weighted by atomic mass is 10.2. The van der Waals surface area contributed by atoms with Gasteiger partial charge in [0.15, 0.2) is 5.82 Å². The van der Waals surface area contributed by atoms with E-state index in [-0.39, 0.29) is 5.91 Å². The molecular formula is C11H11BrN6O. The number of nitrogens with one attached hydrogen (secondary N) is 2. The van der Waals surface area contributed by atoms with E-state index in [0.717, 1.165) is 18.5 Å². The van der Waals surface area contributed by atoms with E-state index in [4.69, 9.17) is 0 Å². The smallest absolute Gasteiger partial charge is 0.271 e. The van der Waals surface area contributed by atoms with E-state index in [2.05, 4.69) is 46.9 Å². The highest BCUT2D eigenvalue weighted by molar-refractivity contribution is 9.10.